The molecule has 17 heavy (non-hydrogen) atoms. The first-order valence-corrected chi connectivity index (χ1v) is 7.37. The molecule has 0 spiro atoms. The van der Waals surface area contributed by atoms with Gasteiger partial charge in [-0.1, -0.05) is 13.3 Å². The van der Waals surface area contributed by atoms with Gasteiger partial charge in [0.25, 0.3) is 0 Å². The Morgan fingerprint density at radius 1 is 1.18 bits per heavy atom. The number of hydrogen-bond acceptors (Lipinski definition) is 3. The summed E-state index contributed by atoms with van der Waals surface area (Å²) in [6, 6.07) is 0. The van der Waals surface area contributed by atoms with E-state index in [-0.39, 0.29) is 0 Å². The molecule has 3 atom stereocenters. The van der Waals surface area contributed by atoms with E-state index in [0.29, 0.717) is 5.41 Å². The molecule has 0 saturated carbocycles. The van der Waals surface area contributed by atoms with Crippen LogP contribution >= 0.6 is 0 Å². The molecule has 0 aromatic rings. The molecule has 3 heteroatoms. The molecule has 0 radical (unpaired) electrons. The number of piperidine rings is 2. The normalized spacial score (nSPS) is 48.4. The van der Waals surface area contributed by atoms with Gasteiger partial charge in [-0.05, 0) is 31.8 Å². The van der Waals surface area contributed by atoms with Crippen molar-refractivity contribution in [2.24, 2.45) is 17.3 Å². The lowest BCUT2D eigenvalue weighted by Gasteiger charge is -2.56. The van der Waals surface area contributed by atoms with Crippen molar-refractivity contribution in [3.8, 4) is 0 Å². The highest BCUT2D eigenvalue weighted by atomic mass is 15.3. The molecular formula is C14H27N3. The quantitative estimate of drug-likeness (QED) is 0.783. The van der Waals surface area contributed by atoms with Gasteiger partial charge >= 0.3 is 0 Å². The second-order valence-corrected chi connectivity index (χ2v) is 6.51. The van der Waals surface area contributed by atoms with Crippen LogP contribution in [-0.2, 0) is 0 Å². The van der Waals surface area contributed by atoms with Crippen LogP contribution in [0.2, 0.25) is 0 Å². The Morgan fingerprint density at radius 2 is 1.82 bits per heavy atom. The van der Waals surface area contributed by atoms with E-state index in [9.17, 15) is 0 Å². The van der Waals surface area contributed by atoms with Gasteiger partial charge in [0.15, 0.2) is 0 Å². The van der Waals surface area contributed by atoms with Crippen molar-refractivity contribution in [1.29, 1.82) is 0 Å². The highest BCUT2D eigenvalue weighted by Gasteiger charge is 2.52. The molecule has 1 N–H and O–H groups in total. The van der Waals surface area contributed by atoms with E-state index < -0.39 is 0 Å². The summed E-state index contributed by atoms with van der Waals surface area (Å²) in [6.45, 7) is 11.6. The SMILES string of the molecule is CCCC12CN3CCN(CC(C3)C1CNC)C2. The van der Waals surface area contributed by atoms with Crippen LogP contribution in [0, 0.1) is 17.3 Å². The smallest absolute Gasteiger partial charge is 0.0110 e. The van der Waals surface area contributed by atoms with Crippen molar-refractivity contribution in [2.75, 3.05) is 52.9 Å². The first kappa shape index (κ1) is 11.9. The first-order valence-electron chi connectivity index (χ1n) is 7.37. The van der Waals surface area contributed by atoms with Crippen molar-refractivity contribution in [1.82, 2.24) is 15.1 Å². The zero-order chi connectivity index (χ0) is 11.9. The molecule has 4 bridgehead atoms. The molecule has 3 nitrogen and oxygen atoms in total. The Kier molecular flexibility index (Phi) is 3.18. The monoisotopic (exact) mass is 237 g/mol. The minimum absolute atomic E-state index is 0.593. The fourth-order valence-corrected chi connectivity index (χ4v) is 4.85. The van der Waals surface area contributed by atoms with Crippen LogP contribution < -0.4 is 5.32 Å². The Morgan fingerprint density at radius 3 is 2.35 bits per heavy atom. The molecule has 4 aliphatic rings. The molecule has 98 valence electrons. The molecule has 4 heterocycles. The van der Waals surface area contributed by atoms with Crippen LogP contribution in [-0.4, -0.2) is 62.7 Å². The van der Waals surface area contributed by atoms with E-state index in [2.05, 4.69) is 29.1 Å². The van der Waals surface area contributed by atoms with Gasteiger partial charge in [0.1, 0.15) is 0 Å². The molecule has 0 aliphatic carbocycles. The molecule has 0 aromatic carbocycles. The van der Waals surface area contributed by atoms with Crippen LogP contribution in [0.25, 0.3) is 0 Å². The van der Waals surface area contributed by atoms with E-state index in [1.165, 1.54) is 58.7 Å². The van der Waals surface area contributed by atoms with Crippen molar-refractivity contribution in [3.05, 3.63) is 0 Å². The largest absolute Gasteiger partial charge is 0.319 e. The predicted octanol–water partition coefficient (Wildman–Crippen LogP) is 0.870. The van der Waals surface area contributed by atoms with E-state index in [1.54, 1.807) is 0 Å². The second-order valence-electron chi connectivity index (χ2n) is 6.51. The summed E-state index contributed by atoms with van der Waals surface area (Å²) in [6.07, 6.45) is 2.76. The third-order valence-corrected chi connectivity index (χ3v) is 5.32. The lowest BCUT2D eigenvalue weighted by atomic mass is 9.61. The van der Waals surface area contributed by atoms with Crippen molar-refractivity contribution in [2.45, 2.75) is 19.8 Å². The van der Waals surface area contributed by atoms with E-state index in [4.69, 9.17) is 0 Å². The average molecular weight is 237 g/mol. The number of rotatable bonds is 4. The van der Waals surface area contributed by atoms with E-state index in [1.807, 2.05) is 0 Å². The van der Waals surface area contributed by atoms with Gasteiger partial charge in [0.05, 0.1) is 0 Å². The Hall–Kier alpha value is -0.120. The molecule has 4 fully saturated rings. The van der Waals surface area contributed by atoms with Gasteiger partial charge in [-0.2, -0.15) is 0 Å². The summed E-state index contributed by atoms with van der Waals surface area (Å²) in [5.74, 6) is 1.83. The van der Waals surface area contributed by atoms with Gasteiger partial charge in [0, 0.05) is 44.7 Å². The molecular weight excluding hydrogens is 210 g/mol. The van der Waals surface area contributed by atoms with Gasteiger partial charge in [-0.3, -0.25) is 0 Å². The summed E-state index contributed by atoms with van der Waals surface area (Å²) in [5, 5.41) is 3.46. The molecule has 4 saturated heterocycles. The minimum Gasteiger partial charge on any atom is -0.319 e. The first-order chi connectivity index (χ1) is 8.27. The topological polar surface area (TPSA) is 18.5 Å². The minimum atomic E-state index is 0.593. The van der Waals surface area contributed by atoms with Crippen LogP contribution in [0.15, 0.2) is 0 Å². The van der Waals surface area contributed by atoms with E-state index >= 15 is 0 Å². The molecule has 0 amide bonds. The Balaban J connectivity index is 1.89. The molecule has 3 unspecified atom stereocenters. The average Bonchev–Trinajstić information content (AvgIpc) is 2.52. The maximum Gasteiger partial charge on any atom is 0.0110 e. The molecule has 0 aromatic heterocycles. The maximum absolute atomic E-state index is 3.46. The Bertz CT molecular complexity index is 263. The van der Waals surface area contributed by atoms with Crippen molar-refractivity contribution < 1.29 is 0 Å². The number of nitrogens with zero attached hydrogens (tertiary/aromatic N) is 2. The summed E-state index contributed by atoms with van der Waals surface area (Å²) in [4.78, 5) is 5.50. The number of nitrogens with one attached hydrogen (secondary N) is 1. The third kappa shape index (κ3) is 1.92. The highest BCUT2D eigenvalue weighted by Crippen LogP contribution is 2.47. The van der Waals surface area contributed by atoms with Crippen LogP contribution in [0.1, 0.15) is 19.8 Å². The lowest BCUT2D eigenvalue weighted by Crippen LogP contribution is -2.62. The summed E-state index contributed by atoms with van der Waals surface area (Å²) < 4.78 is 0. The third-order valence-electron chi connectivity index (χ3n) is 5.32. The van der Waals surface area contributed by atoms with Gasteiger partial charge in [0.2, 0.25) is 0 Å². The van der Waals surface area contributed by atoms with Crippen molar-refractivity contribution in [3.63, 3.8) is 0 Å². The molecule has 4 rings (SSSR count). The highest BCUT2D eigenvalue weighted by molar-refractivity contribution is 5.05. The number of fused-ring (bicyclic) bond motifs is 1. The van der Waals surface area contributed by atoms with Gasteiger partial charge < -0.3 is 15.1 Å². The van der Waals surface area contributed by atoms with Gasteiger partial charge in [-0.25, -0.2) is 0 Å². The van der Waals surface area contributed by atoms with Gasteiger partial charge in [-0.15, -0.1) is 0 Å². The second kappa shape index (κ2) is 4.52. The lowest BCUT2D eigenvalue weighted by molar-refractivity contribution is -0.0622. The van der Waals surface area contributed by atoms with Crippen molar-refractivity contribution >= 4 is 0 Å². The fraction of sp³-hybridized carbons (Fsp3) is 1.00. The zero-order valence-electron chi connectivity index (χ0n) is 11.4. The van der Waals surface area contributed by atoms with Crippen LogP contribution in [0.3, 0.4) is 0 Å². The Labute approximate surface area is 106 Å². The standard InChI is InChI=1S/C14H27N3/c1-3-4-14-10-16-5-6-17(11-14)9-12(8-16)13(14)7-15-2/h12-13,15H,3-11H2,1-2H3. The maximum atomic E-state index is 3.46. The predicted molar refractivity (Wildman–Crippen MR) is 71.1 cm³/mol. The van der Waals surface area contributed by atoms with Crippen LogP contribution in [0.4, 0.5) is 0 Å². The summed E-state index contributed by atoms with van der Waals surface area (Å²) in [7, 11) is 2.12. The van der Waals surface area contributed by atoms with E-state index in [0.717, 1.165) is 11.8 Å². The fourth-order valence-electron chi connectivity index (χ4n) is 4.85. The van der Waals surface area contributed by atoms with Crippen LogP contribution in [0.5, 0.6) is 0 Å². The molecule has 4 aliphatic heterocycles. The summed E-state index contributed by atoms with van der Waals surface area (Å²) in [5.41, 5.74) is 0.593. The number of hydrogen-bond donors (Lipinski definition) is 1. The summed E-state index contributed by atoms with van der Waals surface area (Å²) >= 11 is 0. The zero-order valence-corrected chi connectivity index (χ0v) is 11.4.